The normalized spacial score (nSPS) is 11.3. The molecule has 0 saturated carbocycles. The van der Waals surface area contributed by atoms with Gasteiger partial charge in [0.05, 0.1) is 6.54 Å². The Morgan fingerprint density at radius 1 is 1.04 bits per heavy atom. The third kappa shape index (κ3) is 4.50. The zero-order chi connectivity index (χ0) is 17.7. The van der Waals surface area contributed by atoms with E-state index in [4.69, 9.17) is 11.6 Å². The number of benzene rings is 2. The zero-order valence-corrected chi connectivity index (χ0v) is 13.8. The second kappa shape index (κ2) is 7.69. The second-order valence-corrected chi connectivity index (χ2v) is 6.85. The number of halogens is 3. The third-order valence-corrected chi connectivity index (χ3v) is 4.86. The summed E-state index contributed by atoms with van der Waals surface area (Å²) in [4.78, 5) is 10.6. The average molecular weight is 375 g/mol. The van der Waals surface area contributed by atoms with Crippen molar-refractivity contribution in [1.82, 2.24) is 10.0 Å². The topological polar surface area (TPSA) is 75.3 Å². The molecule has 0 heterocycles. The van der Waals surface area contributed by atoms with Gasteiger partial charge >= 0.3 is 0 Å². The Morgan fingerprint density at radius 2 is 1.67 bits per heavy atom. The molecule has 0 fully saturated rings. The van der Waals surface area contributed by atoms with Gasteiger partial charge in [-0.2, -0.15) is 0 Å². The molecule has 0 radical (unpaired) electrons. The highest BCUT2D eigenvalue weighted by molar-refractivity contribution is 7.89. The lowest BCUT2D eigenvalue weighted by Crippen LogP contribution is -2.37. The van der Waals surface area contributed by atoms with Gasteiger partial charge in [0.25, 0.3) is 0 Å². The highest BCUT2D eigenvalue weighted by Gasteiger charge is 2.24. The summed E-state index contributed by atoms with van der Waals surface area (Å²) in [6, 6.07) is 9.47. The molecule has 1 amide bonds. The lowest BCUT2D eigenvalue weighted by Gasteiger charge is -2.10. The van der Waals surface area contributed by atoms with Crippen LogP contribution in [-0.4, -0.2) is 20.9 Å². The minimum Gasteiger partial charge on any atom is -0.351 e. The van der Waals surface area contributed by atoms with Gasteiger partial charge in [-0.25, -0.2) is 21.9 Å². The van der Waals surface area contributed by atoms with Crippen molar-refractivity contribution in [2.45, 2.75) is 11.4 Å². The summed E-state index contributed by atoms with van der Waals surface area (Å²) in [5.41, 5.74) is 0.649. The van der Waals surface area contributed by atoms with Crippen molar-refractivity contribution in [3.8, 4) is 0 Å². The van der Waals surface area contributed by atoms with E-state index in [2.05, 4.69) is 5.32 Å². The van der Waals surface area contributed by atoms with Gasteiger partial charge in [0.15, 0.2) is 4.90 Å². The average Bonchev–Trinajstić information content (AvgIpc) is 2.52. The third-order valence-electron chi connectivity index (χ3n) is 3.04. The molecule has 0 unspecified atom stereocenters. The van der Waals surface area contributed by atoms with Crippen LogP contribution in [0.1, 0.15) is 5.56 Å². The monoisotopic (exact) mass is 374 g/mol. The van der Waals surface area contributed by atoms with Crippen LogP contribution in [0.15, 0.2) is 47.4 Å². The van der Waals surface area contributed by atoms with E-state index in [0.29, 0.717) is 10.6 Å². The molecule has 9 heteroatoms. The number of hydrogen-bond acceptors (Lipinski definition) is 3. The first-order valence-electron chi connectivity index (χ1n) is 6.75. The Kier molecular flexibility index (Phi) is 5.87. The predicted octanol–water partition coefficient (Wildman–Crippen LogP) is 2.21. The Morgan fingerprint density at radius 3 is 2.29 bits per heavy atom. The van der Waals surface area contributed by atoms with Gasteiger partial charge in [-0.1, -0.05) is 35.9 Å². The quantitative estimate of drug-likeness (QED) is 0.814. The summed E-state index contributed by atoms with van der Waals surface area (Å²) in [6.45, 7) is -0.575. The van der Waals surface area contributed by atoms with Crippen molar-refractivity contribution in [1.29, 1.82) is 0 Å². The van der Waals surface area contributed by atoms with Crippen LogP contribution in [0.25, 0.3) is 0 Å². The van der Waals surface area contributed by atoms with Crippen LogP contribution in [-0.2, 0) is 21.4 Å². The fourth-order valence-corrected chi connectivity index (χ4v) is 3.19. The largest absolute Gasteiger partial charge is 0.351 e. The Bertz CT molecular complexity index is 839. The molecular formula is C15H13ClF2N2O3S. The van der Waals surface area contributed by atoms with Crippen molar-refractivity contribution in [2.24, 2.45) is 0 Å². The molecule has 0 aliphatic heterocycles. The first-order valence-corrected chi connectivity index (χ1v) is 8.61. The standard InChI is InChI=1S/C15H13ClF2N2O3S/c16-11-5-2-1-4-10(11)8-19-14(21)9-20-24(22,23)15-12(17)6-3-7-13(15)18/h1-7,20H,8-9H2,(H,19,21). The highest BCUT2D eigenvalue weighted by Crippen LogP contribution is 2.17. The van der Waals surface area contributed by atoms with E-state index in [1.165, 1.54) is 0 Å². The summed E-state index contributed by atoms with van der Waals surface area (Å²) in [7, 11) is -4.49. The molecule has 0 saturated heterocycles. The second-order valence-electron chi connectivity index (χ2n) is 4.74. The molecule has 0 aromatic heterocycles. The van der Waals surface area contributed by atoms with E-state index in [-0.39, 0.29) is 6.54 Å². The Hall–Kier alpha value is -2.03. The van der Waals surface area contributed by atoms with Gasteiger partial charge in [0.2, 0.25) is 15.9 Å². The molecule has 24 heavy (non-hydrogen) atoms. The summed E-state index contributed by atoms with van der Waals surface area (Å²) < 4.78 is 52.7. The first-order chi connectivity index (χ1) is 11.3. The number of carbonyl (C=O) groups excluding carboxylic acids is 1. The molecule has 2 aromatic carbocycles. The van der Waals surface area contributed by atoms with Gasteiger partial charge in [-0.05, 0) is 23.8 Å². The molecule has 0 aliphatic rings. The van der Waals surface area contributed by atoms with E-state index < -0.39 is 39.0 Å². The van der Waals surface area contributed by atoms with E-state index >= 15 is 0 Å². The van der Waals surface area contributed by atoms with Gasteiger partial charge in [-0.15, -0.1) is 0 Å². The molecule has 128 valence electrons. The molecule has 5 nitrogen and oxygen atoms in total. The van der Waals surface area contributed by atoms with Crippen molar-refractivity contribution >= 4 is 27.5 Å². The maximum Gasteiger partial charge on any atom is 0.246 e. The maximum atomic E-state index is 13.5. The number of nitrogens with one attached hydrogen (secondary N) is 2. The van der Waals surface area contributed by atoms with Gasteiger partial charge in [0, 0.05) is 11.6 Å². The van der Waals surface area contributed by atoms with Crippen molar-refractivity contribution in [3.63, 3.8) is 0 Å². The molecule has 0 aliphatic carbocycles. The van der Waals surface area contributed by atoms with Crippen LogP contribution in [0.4, 0.5) is 8.78 Å². The fourth-order valence-electron chi connectivity index (χ4n) is 1.87. The summed E-state index contributed by atoms with van der Waals surface area (Å²) in [5, 5.41) is 2.91. The zero-order valence-electron chi connectivity index (χ0n) is 12.2. The minimum atomic E-state index is -4.49. The lowest BCUT2D eigenvalue weighted by molar-refractivity contribution is -0.120. The lowest BCUT2D eigenvalue weighted by atomic mass is 10.2. The molecule has 0 atom stereocenters. The number of amides is 1. The van der Waals surface area contributed by atoms with E-state index in [9.17, 15) is 22.0 Å². The SMILES string of the molecule is O=C(CNS(=O)(=O)c1c(F)cccc1F)NCc1ccccc1Cl. The Labute approximate surface area is 142 Å². The van der Waals surface area contributed by atoms with Crippen molar-refractivity contribution in [3.05, 3.63) is 64.7 Å². The minimum absolute atomic E-state index is 0.0916. The number of sulfonamides is 1. The number of rotatable bonds is 6. The molecule has 2 rings (SSSR count). The van der Waals surface area contributed by atoms with Gasteiger partial charge in [0.1, 0.15) is 11.6 Å². The van der Waals surface area contributed by atoms with E-state index in [0.717, 1.165) is 18.2 Å². The number of hydrogen-bond donors (Lipinski definition) is 2. The molecule has 2 N–H and O–H groups in total. The predicted molar refractivity (Wildman–Crippen MR) is 84.8 cm³/mol. The molecule has 0 bridgehead atoms. The van der Waals surface area contributed by atoms with Crippen LogP contribution in [0.5, 0.6) is 0 Å². The molecule has 0 spiro atoms. The van der Waals surface area contributed by atoms with E-state index in [1.807, 2.05) is 4.72 Å². The number of carbonyl (C=O) groups is 1. The fraction of sp³-hybridized carbons (Fsp3) is 0.133. The van der Waals surface area contributed by atoms with Gasteiger partial charge < -0.3 is 5.32 Å². The van der Waals surface area contributed by atoms with Gasteiger partial charge in [-0.3, -0.25) is 4.79 Å². The van der Waals surface area contributed by atoms with Crippen molar-refractivity contribution < 1.29 is 22.0 Å². The first kappa shape index (κ1) is 18.3. The Balaban J connectivity index is 1.97. The van der Waals surface area contributed by atoms with Crippen molar-refractivity contribution in [2.75, 3.05) is 6.54 Å². The summed E-state index contributed by atoms with van der Waals surface area (Å²) in [6.07, 6.45) is 0. The smallest absolute Gasteiger partial charge is 0.246 e. The van der Waals surface area contributed by atoms with E-state index in [1.54, 1.807) is 24.3 Å². The van der Waals surface area contributed by atoms with Crippen LogP contribution in [0.3, 0.4) is 0 Å². The summed E-state index contributed by atoms with van der Waals surface area (Å²) >= 11 is 5.93. The summed E-state index contributed by atoms with van der Waals surface area (Å²) in [5.74, 6) is -3.15. The maximum absolute atomic E-state index is 13.5. The van der Waals surface area contributed by atoms with Crippen LogP contribution < -0.4 is 10.0 Å². The molecule has 2 aromatic rings. The van der Waals surface area contributed by atoms with Crippen LogP contribution >= 0.6 is 11.6 Å². The van der Waals surface area contributed by atoms with Crippen LogP contribution in [0.2, 0.25) is 5.02 Å². The molecular weight excluding hydrogens is 362 g/mol. The van der Waals surface area contributed by atoms with Crippen LogP contribution in [0, 0.1) is 11.6 Å². The highest BCUT2D eigenvalue weighted by atomic mass is 35.5.